The lowest BCUT2D eigenvalue weighted by Gasteiger charge is -2.19. The molecule has 0 fully saturated rings. The molecule has 3 N–H and O–H groups in total. The first-order valence-electron chi connectivity index (χ1n) is 5.14. The molecule has 0 atom stereocenters. The number of ether oxygens (including phenoxy) is 2. The van der Waals surface area contributed by atoms with Crippen LogP contribution in [0.2, 0.25) is 0 Å². The number of thiocarbonyl (C=S) groups is 1. The monoisotopic (exact) mass is 251 g/mol. The summed E-state index contributed by atoms with van der Waals surface area (Å²) in [5.41, 5.74) is 9.74. The molecule has 0 saturated heterocycles. The van der Waals surface area contributed by atoms with Gasteiger partial charge >= 0.3 is 0 Å². The van der Waals surface area contributed by atoms with E-state index in [4.69, 9.17) is 27.4 Å². The summed E-state index contributed by atoms with van der Waals surface area (Å²) in [6.07, 6.45) is 0.717. The van der Waals surface area contributed by atoms with Crippen LogP contribution >= 0.6 is 12.2 Å². The largest absolute Gasteiger partial charge is 0.497 e. The Morgan fingerprint density at radius 3 is 3.12 bits per heavy atom. The van der Waals surface area contributed by atoms with Gasteiger partial charge in [0.1, 0.15) is 11.5 Å². The molecule has 1 heterocycles. The number of nitrogens with zero attached hydrogens (tertiary/aromatic N) is 1. The predicted molar refractivity (Wildman–Crippen MR) is 69.6 cm³/mol. The minimum absolute atomic E-state index is 0.152. The summed E-state index contributed by atoms with van der Waals surface area (Å²) in [5.74, 6) is 1.52. The number of fused-ring (bicyclic) bond motifs is 1. The van der Waals surface area contributed by atoms with Gasteiger partial charge in [0.2, 0.25) is 0 Å². The lowest BCUT2D eigenvalue weighted by molar-refractivity contribution is 0.317. The van der Waals surface area contributed by atoms with Crippen LogP contribution in [0.3, 0.4) is 0 Å². The van der Waals surface area contributed by atoms with Crippen molar-refractivity contribution in [2.75, 3.05) is 13.7 Å². The Bertz CT molecular complexity index is 474. The molecule has 2 rings (SSSR count). The van der Waals surface area contributed by atoms with E-state index in [0.717, 1.165) is 29.2 Å². The summed E-state index contributed by atoms with van der Waals surface area (Å²) < 4.78 is 10.7. The van der Waals surface area contributed by atoms with E-state index in [1.165, 1.54) is 0 Å². The molecule has 1 aliphatic rings. The first-order chi connectivity index (χ1) is 8.20. The van der Waals surface area contributed by atoms with Crippen LogP contribution in [0, 0.1) is 0 Å². The normalized spacial score (nSPS) is 15.9. The molecule has 0 amide bonds. The summed E-state index contributed by atoms with van der Waals surface area (Å²) in [6.45, 7) is 0.581. The van der Waals surface area contributed by atoms with Crippen molar-refractivity contribution in [2.45, 2.75) is 6.42 Å². The third-order valence-electron chi connectivity index (χ3n) is 2.40. The Morgan fingerprint density at radius 2 is 2.41 bits per heavy atom. The van der Waals surface area contributed by atoms with Crippen molar-refractivity contribution in [3.05, 3.63) is 23.8 Å². The highest BCUT2D eigenvalue weighted by atomic mass is 32.1. The van der Waals surface area contributed by atoms with E-state index in [1.807, 2.05) is 18.2 Å². The predicted octanol–water partition coefficient (Wildman–Crippen LogP) is 1.01. The van der Waals surface area contributed by atoms with Crippen molar-refractivity contribution < 1.29 is 9.47 Å². The number of nitrogens with two attached hydrogens (primary N) is 1. The molecule has 1 aromatic carbocycles. The molecule has 1 aliphatic heterocycles. The topological polar surface area (TPSA) is 68.9 Å². The zero-order valence-corrected chi connectivity index (χ0v) is 10.2. The highest BCUT2D eigenvalue weighted by molar-refractivity contribution is 7.80. The highest BCUT2D eigenvalue weighted by Gasteiger charge is 2.17. The van der Waals surface area contributed by atoms with Gasteiger partial charge in [0.05, 0.1) is 19.4 Å². The number of benzene rings is 1. The molecule has 6 heteroatoms. The molecule has 0 aliphatic carbocycles. The Hall–Kier alpha value is -1.82. The molecule has 0 radical (unpaired) electrons. The third kappa shape index (κ3) is 2.65. The molecule has 0 saturated carbocycles. The quantitative estimate of drug-likeness (QED) is 0.606. The van der Waals surface area contributed by atoms with Gasteiger partial charge in [-0.25, -0.2) is 0 Å². The van der Waals surface area contributed by atoms with Crippen molar-refractivity contribution >= 4 is 23.0 Å². The Labute approximate surface area is 105 Å². The van der Waals surface area contributed by atoms with Crippen LogP contribution in [0.15, 0.2) is 23.3 Å². The fraction of sp³-hybridized carbons (Fsp3) is 0.273. The van der Waals surface area contributed by atoms with Crippen LogP contribution in [-0.2, 0) is 0 Å². The van der Waals surface area contributed by atoms with Gasteiger partial charge in [0.15, 0.2) is 5.11 Å². The molecular formula is C11H13N3O2S. The Morgan fingerprint density at radius 1 is 1.59 bits per heavy atom. The van der Waals surface area contributed by atoms with Crippen molar-refractivity contribution in [2.24, 2.45) is 10.8 Å². The van der Waals surface area contributed by atoms with Crippen molar-refractivity contribution in [3.8, 4) is 11.5 Å². The Kier molecular flexibility index (Phi) is 3.43. The van der Waals surface area contributed by atoms with E-state index in [0.29, 0.717) is 6.61 Å². The van der Waals surface area contributed by atoms with Crippen molar-refractivity contribution in [3.63, 3.8) is 0 Å². The summed E-state index contributed by atoms with van der Waals surface area (Å²) in [4.78, 5) is 0. The second-order valence-corrected chi connectivity index (χ2v) is 3.93. The minimum Gasteiger partial charge on any atom is -0.497 e. The molecule has 0 bridgehead atoms. The van der Waals surface area contributed by atoms with Crippen LogP contribution in [0.25, 0.3) is 0 Å². The summed E-state index contributed by atoms with van der Waals surface area (Å²) in [6, 6.07) is 5.61. The second-order valence-electron chi connectivity index (χ2n) is 3.50. The van der Waals surface area contributed by atoms with E-state index in [9.17, 15) is 0 Å². The lowest BCUT2D eigenvalue weighted by atomic mass is 10.0. The summed E-state index contributed by atoms with van der Waals surface area (Å²) in [5, 5.41) is 4.31. The highest BCUT2D eigenvalue weighted by Crippen LogP contribution is 2.29. The van der Waals surface area contributed by atoms with Crippen molar-refractivity contribution in [1.82, 2.24) is 5.43 Å². The zero-order valence-electron chi connectivity index (χ0n) is 9.40. The average Bonchev–Trinajstić information content (AvgIpc) is 2.35. The summed E-state index contributed by atoms with van der Waals surface area (Å²) >= 11 is 4.71. The molecule has 17 heavy (non-hydrogen) atoms. The SMILES string of the molecule is COc1ccc2c(c1)OCC/C2=N\NC(N)=S. The van der Waals surface area contributed by atoms with Crippen LogP contribution in [0.4, 0.5) is 0 Å². The van der Waals surface area contributed by atoms with Gasteiger partial charge in [-0.05, 0) is 24.4 Å². The lowest BCUT2D eigenvalue weighted by Crippen LogP contribution is -2.27. The van der Waals surface area contributed by atoms with Gasteiger partial charge in [-0.2, -0.15) is 5.10 Å². The van der Waals surface area contributed by atoms with Crippen LogP contribution in [0.5, 0.6) is 11.5 Å². The first kappa shape index (κ1) is 11.7. The fourth-order valence-corrected chi connectivity index (χ4v) is 1.66. The van der Waals surface area contributed by atoms with Crippen LogP contribution in [-0.4, -0.2) is 24.5 Å². The smallest absolute Gasteiger partial charge is 0.184 e. The van der Waals surface area contributed by atoms with Gasteiger partial charge in [0.25, 0.3) is 0 Å². The summed E-state index contributed by atoms with van der Waals surface area (Å²) in [7, 11) is 1.62. The van der Waals surface area contributed by atoms with E-state index >= 15 is 0 Å². The second kappa shape index (κ2) is 5.01. The number of hydrogen-bond acceptors (Lipinski definition) is 4. The zero-order chi connectivity index (χ0) is 12.3. The number of hydrazone groups is 1. The standard InChI is InChI=1S/C11H13N3O2S/c1-15-7-2-3-8-9(13-14-11(12)17)4-5-16-10(8)6-7/h2-3,6H,4-5H2,1H3,(H3,12,14,17)/b13-9+. The maximum absolute atomic E-state index is 5.55. The molecule has 0 spiro atoms. The number of rotatable bonds is 2. The minimum atomic E-state index is 0.152. The average molecular weight is 251 g/mol. The maximum Gasteiger partial charge on any atom is 0.184 e. The number of methoxy groups -OCH3 is 1. The van der Waals surface area contributed by atoms with E-state index in [1.54, 1.807) is 7.11 Å². The van der Waals surface area contributed by atoms with Crippen LogP contribution < -0.4 is 20.6 Å². The molecule has 5 nitrogen and oxygen atoms in total. The number of hydrogen-bond donors (Lipinski definition) is 2. The van der Waals surface area contributed by atoms with Gasteiger partial charge < -0.3 is 15.2 Å². The molecule has 90 valence electrons. The van der Waals surface area contributed by atoms with E-state index in [-0.39, 0.29) is 5.11 Å². The molecular weight excluding hydrogens is 238 g/mol. The van der Waals surface area contributed by atoms with E-state index < -0.39 is 0 Å². The first-order valence-corrected chi connectivity index (χ1v) is 5.55. The molecule has 1 aromatic rings. The van der Waals surface area contributed by atoms with Gasteiger partial charge in [-0.1, -0.05) is 0 Å². The molecule has 0 aromatic heterocycles. The van der Waals surface area contributed by atoms with Crippen LogP contribution in [0.1, 0.15) is 12.0 Å². The fourth-order valence-electron chi connectivity index (χ4n) is 1.62. The van der Waals surface area contributed by atoms with E-state index in [2.05, 4.69) is 10.5 Å². The number of nitrogens with one attached hydrogen (secondary N) is 1. The van der Waals surface area contributed by atoms with Gasteiger partial charge in [-0.15, -0.1) is 0 Å². The maximum atomic E-state index is 5.55. The van der Waals surface area contributed by atoms with Gasteiger partial charge in [0, 0.05) is 18.1 Å². The Balaban J connectivity index is 2.31. The van der Waals surface area contributed by atoms with Crippen molar-refractivity contribution in [1.29, 1.82) is 0 Å². The van der Waals surface area contributed by atoms with Gasteiger partial charge in [-0.3, -0.25) is 5.43 Å². The molecule has 0 unspecified atom stereocenters. The third-order valence-corrected chi connectivity index (χ3v) is 2.49.